The van der Waals surface area contributed by atoms with Gasteiger partial charge in [0.2, 0.25) is 0 Å². The van der Waals surface area contributed by atoms with Gasteiger partial charge in [0.05, 0.1) is 25.8 Å². The fourth-order valence-electron chi connectivity index (χ4n) is 3.30. The van der Waals surface area contributed by atoms with Gasteiger partial charge in [0, 0.05) is 6.07 Å². The van der Waals surface area contributed by atoms with E-state index in [0.29, 0.717) is 30.5 Å². The summed E-state index contributed by atoms with van der Waals surface area (Å²) in [6.07, 6.45) is 1.77. The Balaban J connectivity index is 1.66. The summed E-state index contributed by atoms with van der Waals surface area (Å²) >= 11 is 0. The average molecular weight is 480 g/mol. The summed E-state index contributed by atoms with van der Waals surface area (Å²) in [5.74, 6) is 1.67. The molecule has 8 heteroatoms. The number of aromatic nitrogens is 2. The molecule has 3 rings (SSSR count). The van der Waals surface area contributed by atoms with Crippen molar-refractivity contribution in [3.63, 3.8) is 0 Å². The van der Waals surface area contributed by atoms with Crippen molar-refractivity contribution in [1.82, 2.24) is 15.1 Å². The Kier molecular flexibility index (Phi) is 9.71. The number of hydrogen-bond donors (Lipinski definition) is 1. The second-order valence-corrected chi connectivity index (χ2v) is 8.04. The van der Waals surface area contributed by atoms with E-state index in [1.54, 1.807) is 0 Å². The van der Waals surface area contributed by atoms with Crippen LogP contribution in [0, 0.1) is 0 Å². The topological polar surface area (TPSA) is 91.7 Å². The largest absolute Gasteiger partial charge is 0.492 e. The monoisotopic (exact) mass is 479 g/mol. The van der Waals surface area contributed by atoms with Crippen LogP contribution >= 0.6 is 0 Å². The van der Waals surface area contributed by atoms with Crippen LogP contribution in [0.5, 0.6) is 17.2 Å². The van der Waals surface area contributed by atoms with Crippen molar-refractivity contribution < 1.29 is 19.0 Å². The van der Waals surface area contributed by atoms with Crippen LogP contribution in [0.1, 0.15) is 55.7 Å². The van der Waals surface area contributed by atoms with Crippen LogP contribution in [-0.2, 0) is 6.54 Å². The van der Waals surface area contributed by atoms with Gasteiger partial charge in [-0.2, -0.15) is 5.10 Å². The Bertz CT molecular complexity index is 1150. The Morgan fingerprint density at radius 2 is 1.63 bits per heavy atom. The van der Waals surface area contributed by atoms with E-state index in [4.69, 9.17) is 14.2 Å². The normalized spacial score (nSPS) is 11.5. The summed E-state index contributed by atoms with van der Waals surface area (Å²) in [7, 11) is 0. The maximum atomic E-state index is 12.9. The lowest BCUT2D eigenvalue weighted by atomic mass is 10.1. The molecule has 3 aromatic rings. The Morgan fingerprint density at radius 3 is 2.34 bits per heavy atom. The van der Waals surface area contributed by atoms with E-state index in [0.717, 1.165) is 18.4 Å². The molecule has 8 nitrogen and oxygen atoms in total. The molecular weight excluding hydrogens is 446 g/mol. The summed E-state index contributed by atoms with van der Waals surface area (Å²) in [5, 5.41) is 7.17. The van der Waals surface area contributed by atoms with Crippen LogP contribution in [0.15, 0.2) is 65.5 Å². The van der Waals surface area contributed by atoms with Crippen LogP contribution in [0.4, 0.5) is 0 Å². The number of carbonyl (C=O) groups excluding carboxylic acids is 1. The summed E-state index contributed by atoms with van der Waals surface area (Å²) in [6.45, 7) is 7.63. The highest BCUT2D eigenvalue weighted by atomic mass is 16.5. The molecule has 1 amide bonds. The van der Waals surface area contributed by atoms with Crippen molar-refractivity contribution in [1.29, 1.82) is 0 Å². The summed E-state index contributed by atoms with van der Waals surface area (Å²) in [5.41, 5.74) is 0.728. The predicted octanol–water partition coefficient (Wildman–Crippen LogP) is 4.39. The first kappa shape index (κ1) is 25.8. The molecule has 0 fully saturated rings. The first-order valence-corrected chi connectivity index (χ1v) is 12.0. The first-order chi connectivity index (χ1) is 17.0. The standard InChI is InChI=1S/C27H33N3O5/c1-4-16-34-24-13-11-21(19-25(24)35-17-5-2)20(3)28-27(32)23-12-14-26(31)30(29-23)15-18-33-22-9-7-6-8-10-22/h6-14,19-20H,4-5,15-18H2,1-3H3,(H,28,32). The molecule has 1 heterocycles. The van der Waals surface area contributed by atoms with Crippen LogP contribution in [0.3, 0.4) is 0 Å². The molecule has 0 spiro atoms. The van der Waals surface area contributed by atoms with Gasteiger partial charge in [0.1, 0.15) is 18.1 Å². The van der Waals surface area contributed by atoms with E-state index in [2.05, 4.69) is 10.4 Å². The molecule has 186 valence electrons. The summed E-state index contributed by atoms with van der Waals surface area (Å²) < 4.78 is 18.5. The molecule has 0 bridgehead atoms. The highest BCUT2D eigenvalue weighted by Crippen LogP contribution is 2.31. The molecule has 0 aliphatic rings. The van der Waals surface area contributed by atoms with Gasteiger partial charge >= 0.3 is 0 Å². The van der Waals surface area contributed by atoms with Crippen LogP contribution in [-0.4, -0.2) is 35.5 Å². The fourth-order valence-corrected chi connectivity index (χ4v) is 3.30. The third-order valence-electron chi connectivity index (χ3n) is 5.15. The van der Waals surface area contributed by atoms with Gasteiger partial charge in [-0.15, -0.1) is 0 Å². The number of benzene rings is 2. The highest BCUT2D eigenvalue weighted by Gasteiger charge is 2.16. The zero-order chi connectivity index (χ0) is 25.0. The molecule has 0 aliphatic carbocycles. The van der Waals surface area contributed by atoms with Crippen LogP contribution in [0.2, 0.25) is 0 Å². The van der Waals surface area contributed by atoms with E-state index in [-0.39, 0.29) is 36.4 Å². The van der Waals surface area contributed by atoms with Crippen molar-refractivity contribution in [2.45, 2.75) is 46.2 Å². The Morgan fingerprint density at radius 1 is 0.914 bits per heavy atom. The zero-order valence-corrected chi connectivity index (χ0v) is 20.5. The van der Waals surface area contributed by atoms with Crippen molar-refractivity contribution in [3.05, 3.63) is 82.3 Å². The molecule has 0 saturated carbocycles. The molecule has 0 aliphatic heterocycles. The zero-order valence-electron chi connectivity index (χ0n) is 20.5. The van der Waals surface area contributed by atoms with Crippen molar-refractivity contribution in [2.75, 3.05) is 19.8 Å². The highest BCUT2D eigenvalue weighted by molar-refractivity contribution is 5.92. The van der Waals surface area contributed by atoms with Gasteiger partial charge in [0.15, 0.2) is 11.5 Å². The number of rotatable bonds is 13. The third kappa shape index (κ3) is 7.60. The van der Waals surface area contributed by atoms with Crippen molar-refractivity contribution in [3.8, 4) is 17.2 Å². The number of nitrogens with one attached hydrogen (secondary N) is 1. The minimum atomic E-state index is -0.377. The molecule has 1 N–H and O–H groups in total. The average Bonchev–Trinajstić information content (AvgIpc) is 2.88. The maximum Gasteiger partial charge on any atom is 0.272 e. The molecule has 0 radical (unpaired) electrons. The van der Waals surface area contributed by atoms with Gasteiger partial charge < -0.3 is 19.5 Å². The summed E-state index contributed by atoms with van der Waals surface area (Å²) in [6, 6.07) is 17.4. The number of para-hydroxylation sites is 1. The lowest BCUT2D eigenvalue weighted by Crippen LogP contribution is -2.32. The minimum Gasteiger partial charge on any atom is -0.492 e. The molecule has 1 aromatic heterocycles. The van der Waals surface area contributed by atoms with Crippen LogP contribution in [0.25, 0.3) is 0 Å². The van der Waals surface area contributed by atoms with E-state index in [1.807, 2.05) is 69.3 Å². The van der Waals surface area contributed by atoms with Gasteiger partial charge in [-0.05, 0) is 55.7 Å². The minimum absolute atomic E-state index is 0.154. The van der Waals surface area contributed by atoms with Gasteiger partial charge in [-0.25, -0.2) is 4.68 Å². The lowest BCUT2D eigenvalue weighted by molar-refractivity contribution is 0.0931. The van der Waals surface area contributed by atoms with Gasteiger partial charge in [-0.1, -0.05) is 38.1 Å². The van der Waals surface area contributed by atoms with Crippen molar-refractivity contribution >= 4 is 5.91 Å². The molecule has 35 heavy (non-hydrogen) atoms. The second kappa shape index (κ2) is 13.2. The number of amides is 1. The van der Waals surface area contributed by atoms with Gasteiger partial charge in [-0.3, -0.25) is 9.59 Å². The van der Waals surface area contributed by atoms with Gasteiger partial charge in [0.25, 0.3) is 11.5 Å². The smallest absolute Gasteiger partial charge is 0.272 e. The predicted molar refractivity (Wildman–Crippen MR) is 134 cm³/mol. The molecule has 1 unspecified atom stereocenters. The number of hydrogen-bond acceptors (Lipinski definition) is 6. The Labute approximate surface area is 205 Å². The van der Waals surface area contributed by atoms with E-state index >= 15 is 0 Å². The fraction of sp³-hybridized carbons (Fsp3) is 0.370. The van der Waals surface area contributed by atoms with E-state index < -0.39 is 0 Å². The lowest BCUT2D eigenvalue weighted by Gasteiger charge is -2.18. The SMILES string of the molecule is CCCOc1ccc(C(C)NC(=O)c2ccc(=O)n(CCOc3ccccc3)n2)cc1OCCC. The first-order valence-electron chi connectivity index (χ1n) is 12.0. The maximum absolute atomic E-state index is 12.9. The number of carbonyl (C=O) groups is 1. The van der Waals surface area contributed by atoms with Crippen molar-refractivity contribution in [2.24, 2.45) is 0 Å². The number of nitrogens with zero attached hydrogens (tertiary/aromatic N) is 2. The third-order valence-corrected chi connectivity index (χ3v) is 5.15. The van der Waals surface area contributed by atoms with Crippen LogP contribution < -0.4 is 25.1 Å². The molecule has 2 aromatic carbocycles. The Hall–Kier alpha value is -3.81. The molecule has 0 saturated heterocycles. The second-order valence-electron chi connectivity index (χ2n) is 8.04. The molecule has 1 atom stereocenters. The van der Waals surface area contributed by atoms with E-state index in [9.17, 15) is 9.59 Å². The molecular formula is C27H33N3O5. The van der Waals surface area contributed by atoms with E-state index in [1.165, 1.54) is 16.8 Å². The summed E-state index contributed by atoms with van der Waals surface area (Å²) in [4.78, 5) is 25.1. The quantitative estimate of drug-likeness (QED) is 0.391. The number of ether oxygens (including phenoxy) is 3.